The van der Waals surface area contributed by atoms with Crippen molar-refractivity contribution in [2.75, 3.05) is 51.9 Å². The lowest BCUT2D eigenvalue weighted by molar-refractivity contribution is -0.116. The summed E-state index contributed by atoms with van der Waals surface area (Å²) >= 11 is 0. The summed E-state index contributed by atoms with van der Waals surface area (Å²) in [6.45, 7) is 8.89. The zero-order valence-corrected chi connectivity index (χ0v) is 19.1. The van der Waals surface area contributed by atoms with Crippen molar-refractivity contribution in [3.05, 3.63) is 54.1 Å². The van der Waals surface area contributed by atoms with E-state index >= 15 is 0 Å². The number of rotatable bonds is 15. The van der Waals surface area contributed by atoms with Crippen LogP contribution in [-0.2, 0) is 16.0 Å². The van der Waals surface area contributed by atoms with Crippen LogP contribution in [-0.4, -0.2) is 57.4 Å². The van der Waals surface area contributed by atoms with Gasteiger partial charge in [0.25, 0.3) is 0 Å². The average molecular weight is 429 g/mol. The van der Waals surface area contributed by atoms with Gasteiger partial charge in [-0.3, -0.25) is 4.79 Å². The predicted octanol–water partition coefficient (Wildman–Crippen LogP) is 4.39. The molecule has 2 rings (SSSR count). The Kier molecular flexibility index (Phi) is 11.5. The minimum absolute atomic E-state index is 0.0362. The molecule has 0 spiro atoms. The Labute approximate surface area is 186 Å². The first-order valence-electron chi connectivity index (χ1n) is 11.1. The number of anilines is 1. The number of hydrogen-bond donors (Lipinski definition) is 1. The van der Waals surface area contributed by atoms with Crippen LogP contribution in [0.2, 0.25) is 0 Å². The highest BCUT2D eigenvalue weighted by Crippen LogP contribution is 2.30. The highest BCUT2D eigenvalue weighted by molar-refractivity contribution is 5.91. The van der Waals surface area contributed by atoms with Crippen LogP contribution in [0.4, 0.5) is 5.69 Å². The average Bonchev–Trinajstić information content (AvgIpc) is 2.80. The summed E-state index contributed by atoms with van der Waals surface area (Å²) in [7, 11) is 1.61. The number of benzene rings is 2. The molecule has 0 aliphatic rings. The van der Waals surface area contributed by atoms with Crippen molar-refractivity contribution in [1.29, 1.82) is 0 Å². The molecule has 0 radical (unpaired) electrons. The van der Waals surface area contributed by atoms with Gasteiger partial charge >= 0.3 is 0 Å². The van der Waals surface area contributed by atoms with Crippen LogP contribution >= 0.6 is 0 Å². The maximum atomic E-state index is 12.3. The SMILES string of the molecule is CCN(CC)CCOc1cc(NC(=O)CCCOCCc2ccccc2)ccc1OC. The fourth-order valence-electron chi connectivity index (χ4n) is 3.19. The third-order valence-electron chi connectivity index (χ3n) is 5.08. The van der Waals surface area contributed by atoms with Gasteiger partial charge in [-0.1, -0.05) is 44.2 Å². The normalized spacial score (nSPS) is 10.8. The maximum Gasteiger partial charge on any atom is 0.224 e. The number of likely N-dealkylation sites (N-methyl/N-ethyl adjacent to an activating group) is 1. The zero-order chi connectivity index (χ0) is 22.3. The molecule has 6 nitrogen and oxygen atoms in total. The molecule has 6 heteroatoms. The van der Waals surface area contributed by atoms with Crippen LogP contribution in [0.25, 0.3) is 0 Å². The third kappa shape index (κ3) is 9.40. The monoisotopic (exact) mass is 428 g/mol. The Morgan fingerprint density at radius 1 is 0.968 bits per heavy atom. The quantitative estimate of drug-likeness (QED) is 0.426. The molecular formula is C25H36N2O4. The second kappa shape index (κ2) is 14.4. The van der Waals surface area contributed by atoms with Crippen LogP contribution in [0.5, 0.6) is 11.5 Å². The van der Waals surface area contributed by atoms with Gasteiger partial charge in [0.15, 0.2) is 11.5 Å². The molecule has 1 amide bonds. The standard InChI is InChI=1S/C25H36N2O4/c1-4-27(5-2)16-19-31-24-20-22(13-14-23(24)29-3)26-25(28)12-9-17-30-18-15-21-10-7-6-8-11-21/h6-8,10-11,13-14,20H,4-5,9,12,15-19H2,1-3H3,(H,26,28). The van der Waals surface area contributed by atoms with Crippen LogP contribution in [0.15, 0.2) is 48.5 Å². The molecule has 0 heterocycles. The van der Waals surface area contributed by atoms with Gasteiger partial charge in [-0.25, -0.2) is 0 Å². The summed E-state index contributed by atoms with van der Waals surface area (Å²) in [5, 5.41) is 2.93. The van der Waals surface area contributed by atoms with Crippen LogP contribution in [0.3, 0.4) is 0 Å². The van der Waals surface area contributed by atoms with Gasteiger partial charge in [-0.05, 0) is 43.6 Å². The van der Waals surface area contributed by atoms with Crippen molar-refractivity contribution in [2.45, 2.75) is 33.1 Å². The van der Waals surface area contributed by atoms with E-state index in [4.69, 9.17) is 14.2 Å². The lowest BCUT2D eigenvalue weighted by Gasteiger charge is -2.19. The highest BCUT2D eigenvalue weighted by atomic mass is 16.5. The summed E-state index contributed by atoms with van der Waals surface area (Å²) in [5.74, 6) is 1.26. The number of nitrogens with zero attached hydrogens (tertiary/aromatic N) is 1. The van der Waals surface area contributed by atoms with E-state index in [0.29, 0.717) is 49.8 Å². The molecule has 0 saturated heterocycles. The lowest BCUT2D eigenvalue weighted by Crippen LogP contribution is -2.28. The van der Waals surface area contributed by atoms with Gasteiger partial charge in [-0.2, -0.15) is 0 Å². The van der Waals surface area contributed by atoms with Gasteiger partial charge < -0.3 is 24.4 Å². The van der Waals surface area contributed by atoms with Gasteiger partial charge in [0, 0.05) is 31.3 Å². The molecule has 0 aliphatic carbocycles. The first-order valence-corrected chi connectivity index (χ1v) is 11.1. The number of nitrogens with one attached hydrogen (secondary N) is 1. The summed E-state index contributed by atoms with van der Waals surface area (Å²) in [6.07, 6.45) is 1.98. The van der Waals surface area contributed by atoms with Crippen LogP contribution in [0, 0.1) is 0 Å². The number of carbonyl (C=O) groups is 1. The van der Waals surface area contributed by atoms with Crippen molar-refractivity contribution in [3.8, 4) is 11.5 Å². The molecule has 1 N–H and O–H groups in total. The van der Waals surface area contributed by atoms with Crippen molar-refractivity contribution in [1.82, 2.24) is 4.90 Å². The van der Waals surface area contributed by atoms with E-state index in [1.165, 1.54) is 5.56 Å². The van der Waals surface area contributed by atoms with E-state index in [0.717, 1.165) is 26.1 Å². The number of amides is 1. The molecule has 0 unspecified atom stereocenters. The summed E-state index contributed by atoms with van der Waals surface area (Å²) in [6, 6.07) is 15.7. The molecule has 31 heavy (non-hydrogen) atoms. The third-order valence-corrected chi connectivity index (χ3v) is 5.08. The van der Waals surface area contributed by atoms with Gasteiger partial charge in [0.05, 0.1) is 13.7 Å². The number of methoxy groups -OCH3 is 1. The molecule has 0 bridgehead atoms. The Balaban J connectivity index is 1.71. The number of carbonyl (C=O) groups excluding carboxylic acids is 1. The van der Waals surface area contributed by atoms with Gasteiger partial charge in [0.1, 0.15) is 6.61 Å². The highest BCUT2D eigenvalue weighted by Gasteiger charge is 2.09. The second-order valence-electron chi connectivity index (χ2n) is 7.24. The largest absolute Gasteiger partial charge is 0.493 e. The fraction of sp³-hybridized carbons (Fsp3) is 0.480. The van der Waals surface area contributed by atoms with E-state index in [-0.39, 0.29) is 5.91 Å². The van der Waals surface area contributed by atoms with E-state index in [1.807, 2.05) is 36.4 Å². The van der Waals surface area contributed by atoms with Crippen molar-refractivity contribution in [2.24, 2.45) is 0 Å². The first-order chi connectivity index (χ1) is 15.2. The van der Waals surface area contributed by atoms with Crippen molar-refractivity contribution >= 4 is 11.6 Å². The minimum Gasteiger partial charge on any atom is -0.493 e. The molecule has 2 aromatic rings. The first kappa shape index (κ1) is 24.7. The topological polar surface area (TPSA) is 60.0 Å². The van der Waals surface area contributed by atoms with Crippen LogP contribution in [0.1, 0.15) is 32.3 Å². The second-order valence-corrected chi connectivity index (χ2v) is 7.24. The van der Waals surface area contributed by atoms with E-state index in [1.54, 1.807) is 7.11 Å². The minimum atomic E-state index is -0.0362. The van der Waals surface area contributed by atoms with E-state index in [9.17, 15) is 4.79 Å². The fourth-order valence-corrected chi connectivity index (χ4v) is 3.19. The molecule has 0 fully saturated rings. The Hall–Kier alpha value is -2.57. The molecule has 0 atom stereocenters. The molecule has 0 aromatic heterocycles. The smallest absolute Gasteiger partial charge is 0.224 e. The Morgan fingerprint density at radius 2 is 1.74 bits per heavy atom. The molecule has 170 valence electrons. The number of hydrogen-bond acceptors (Lipinski definition) is 5. The van der Waals surface area contributed by atoms with E-state index in [2.05, 4.69) is 36.2 Å². The summed E-state index contributed by atoms with van der Waals surface area (Å²) < 4.78 is 16.9. The molecule has 2 aromatic carbocycles. The van der Waals surface area contributed by atoms with Crippen LogP contribution < -0.4 is 14.8 Å². The zero-order valence-electron chi connectivity index (χ0n) is 19.1. The number of ether oxygens (including phenoxy) is 3. The van der Waals surface area contributed by atoms with Crippen molar-refractivity contribution in [3.63, 3.8) is 0 Å². The summed E-state index contributed by atoms with van der Waals surface area (Å²) in [4.78, 5) is 14.6. The maximum absolute atomic E-state index is 12.3. The predicted molar refractivity (Wildman–Crippen MR) is 125 cm³/mol. The Morgan fingerprint density at radius 3 is 2.45 bits per heavy atom. The summed E-state index contributed by atoms with van der Waals surface area (Å²) in [5.41, 5.74) is 1.96. The molecular weight excluding hydrogens is 392 g/mol. The molecule has 0 saturated carbocycles. The van der Waals surface area contributed by atoms with Gasteiger partial charge in [-0.15, -0.1) is 0 Å². The Bertz CT molecular complexity index is 763. The molecule has 0 aliphatic heterocycles. The van der Waals surface area contributed by atoms with Crippen molar-refractivity contribution < 1.29 is 19.0 Å². The van der Waals surface area contributed by atoms with Gasteiger partial charge in [0.2, 0.25) is 5.91 Å². The van der Waals surface area contributed by atoms with E-state index < -0.39 is 0 Å². The lowest BCUT2D eigenvalue weighted by atomic mass is 10.2.